The molecule has 110 valence electrons. The van der Waals surface area contributed by atoms with Crippen molar-refractivity contribution >= 4 is 5.84 Å². The number of hydrogen-bond acceptors (Lipinski definition) is 5. The molecule has 1 aromatic rings. The number of benzene rings is 1. The van der Waals surface area contributed by atoms with E-state index in [1.807, 2.05) is 0 Å². The monoisotopic (exact) mass is 299 g/mol. The van der Waals surface area contributed by atoms with E-state index in [1.54, 1.807) is 12.1 Å². The van der Waals surface area contributed by atoms with Gasteiger partial charge in [0.25, 0.3) is 5.84 Å². The van der Waals surface area contributed by atoms with E-state index in [9.17, 15) is 14.9 Å². The topological polar surface area (TPSA) is 106 Å². The zero-order valence-electron chi connectivity index (χ0n) is 11.5. The number of fused-ring (bicyclic) bond motifs is 2. The molecule has 3 aliphatic rings. The maximum absolute atomic E-state index is 13.2. The first-order valence-electron chi connectivity index (χ1n) is 6.85. The van der Waals surface area contributed by atoms with Crippen molar-refractivity contribution in [2.75, 3.05) is 13.2 Å². The molecule has 0 amide bonds. The average molecular weight is 299 g/mol. The van der Waals surface area contributed by atoms with Gasteiger partial charge in [-0.3, -0.25) is 5.73 Å². The van der Waals surface area contributed by atoms with Gasteiger partial charge in [0.05, 0.1) is 25.4 Å². The normalized spacial score (nSPS) is 37.2. The van der Waals surface area contributed by atoms with Crippen molar-refractivity contribution in [3.8, 4) is 12.1 Å². The summed E-state index contributed by atoms with van der Waals surface area (Å²) in [6, 6.07) is 10.1. The fourth-order valence-electron chi connectivity index (χ4n) is 3.97. The Bertz CT molecular complexity index is 772. The number of hydrogen-bond donors (Lipinski definition) is 2. The molecule has 1 saturated heterocycles. The SMILES string of the molecule is N#C[C@@]12C(N)=[NH+]C3(OCCO3)[C@]1(C#N)[C@@H]2c1ccc(F)cc1. The van der Waals surface area contributed by atoms with Crippen molar-refractivity contribution in [3.63, 3.8) is 0 Å². The molecule has 2 heterocycles. The van der Waals surface area contributed by atoms with Crippen molar-refractivity contribution in [3.05, 3.63) is 35.6 Å². The molecule has 7 heteroatoms. The molecule has 1 saturated carbocycles. The highest BCUT2D eigenvalue weighted by atomic mass is 19.1. The van der Waals surface area contributed by atoms with Gasteiger partial charge in [0, 0.05) is 5.92 Å². The summed E-state index contributed by atoms with van der Waals surface area (Å²) in [5.74, 6) is -2.17. The van der Waals surface area contributed by atoms with E-state index in [1.165, 1.54) is 12.1 Å². The van der Waals surface area contributed by atoms with Crippen molar-refractivity contribution < 1.29 is 18.9 Å². The first-order valence-corrected chi connectivity index (χ1v) is 6.85. The fraction of sp³-hybridized carbons (Fsp3) is 0.400. The molecular weight excluding hydrogens is 287 g/mol. The molecule has 3 N–H and O–H groups in total. The highest BCUT2D eigenvalue weighted by molar-refractivity contribution is 5.95. The van der Waals surface area contributed by atoms with Crippen LogP contribution in [0.25, 0.3) is 0 Å². The van der Waals surface area contributed by atoms with E-state index < -0.39 is 22.7 Å². The Labute approximate surface area is 125 Å². The fourth-order valence-corrected chi connectivity index (χ4v) is 3.97. The van der Waals surface area contributed by atoms with Gasteiger partial charge < -0.3 is 9.47 Å². The smallest absolute Gasteiger partial charge is 0.311 e. The Morgan fingerprint density at radius 1 is 1.18 bits per heavy atom. The molecule has 1 aliphatic carbocycles. The lowest BCUT2D eigenvalue weighted by atomic mass is 9.94. The van der Waals surface area contributed by atoms with Crippen LogP contribution in [0, 0.1) is 39.3 Å². The highest BCUT2D eigenvalue weighted by Gasteiger charge is 2.97. The van der Waals surface area contributed by atoms with Crippen LogP contribution in [0.15, 0.2) is 24.3 Å². The Morgan fingerprint density at radius 3 is 2.36 bits per heavy atom. The number of ether oxygens (including phenoxy) is 2. The number of rotatable bonds is 1. The molecule has 0 radical (unpaired) electrons. The number of nitriles is 2. The van der Waals surface area contributed by atoms with E-state index in [0.717, 1.165) is 0 Å². The summed E-state index contributed by atoms with van der Waals surface area (Å²) in [5.41, 5.74) is 4.17. The van der Waals surface area contributed by atoms with Crippen LogP contribution >= 0.6 is 0 Å². The molecule has 6 nitrogen and oxygen atoms in total. The second kappa shape index (κ2) is 3.83. The summed E-state index contributed by atoms with van der Waals surface area (Å²) >= 11 is 0. The molecule has 22 heavy (non-hydrogen) atoms. The first-order chi connectivity index (χ1) is 10.6. The van der Waals surface area contributed by atoms with Crippen LogP contribution in [-0.2, 0) is 9.47 Å². The summed E-state index contributed by atoms with van der Waals surface area (Å²) in [6.07, 6.45) is 0. The van der Waals surface area contributed by atoms with E-state index in [2.05, 4.69) is 17.1 Å². The lowest BCUT2D eigenvalue weighted by molar-refractivity contribution is -0.676. The molecule has 2 fully saturated rings. The van der Waals surface area contributed by atoms with E-state index in [4.69, 9.17) is 15.2 Å². The van der Waals surface area contributed by atoms with Crippen LogP contribution < -0.4 is 10.7 Å². The lowest BCUT2D eigenvalue weighted by Gasteiger charge is -2.23. The van der Waals surface area contributed by atoms with Gasteiger partial charge >= 0.3 is 5.91 Å². The third-order valence-corrected chi connectivity index (χ3v) is 4.90. The van der Waals surface area contributed by atoms with Crippen LogP contribution in [-0.4, -0.2) is 25.0 Å². The number of amidine groups is 1. The molecule has 0 unspecified atom stereocenters. The van der Waals surface area contributed by atoms with Crippen LogP contribution in [0.3, 0.4) is 0 Å². The maximum atomic E-state index is 13.2. The zero-order valence-corrected chi connectivity index (χ0v) is 11.5. The Balaban J connectivity index is 1.92. The van der Waals surface area contributed by atoms with Crippen LogP contribution in [0.2, 0.25) is 0 Å². The van der Waals surface area contributed by atoms with Crippen molar-refractivity contribution in [1.29, 1.82) is 10.5 Å². The minimum atomic E-state index is -1.42. The molecule has 1 spiro atoms. The van der Waals surface area contributed by atoms with E-state index in [0.29, 0.717) is 18.8 Å². The molecule has 0 aromatic heterocycles. The van der Waals surface area contributed by atoms with E-state index in [-0.39, 0.29) is 11.7 Å². The second-order valence-electron chi connectivity index (χ2n) is 5.68. The van der Waals surface area contributed by atoms with Crippen LogP contribution in [0.1, 0.15) is 11.5 Å². The van der Waals surface area contributed by atoms with Crippen molar-refractivity contribution in [1.82, 2.24) is 0 Å². The van der Waals surface area contributed by atoms with Crippen LogP contribution in [0.5, 0.6) is 0 Å². The summed E-state index contributed by atoms with van der Waals surface area (Å²) in [4.78, 5) is 2.85. The summed E-state index contributed by atoms with van der Waals surface area (Å²) < 4.78 is 24.4. The minimum Gasteiger partial charge on any atom is -0.311 e. The third-order valence-electron chi connectivity index (χ3n) is 4.90. The molecule has 1 aromatic carbocycles. The van der Waals surface area contributed by atoms with Gasteiger partial charge in [-0.1, -0.05) is 12.1 Å². The van der Waals surface area contributed by atoms with Gasteiger partial charge in [0.2, 0.25) is 0 Å². The quantitative estimate of drug-likeness (QED) is 0.698. The Hall–Kier alpha value is -2.48. The number of nitrogens with two attached hydrogens (primary N) is 1. The summed E-state index contributed by atoms with van der Waals surface area (Å²) in [6.45, 7) is 0.614. The summed E-state index contributed by atoms with van der Waals surface area (Å²) in [5, 5.41) is 19.6. The van der Waals surface area contributed by atoms with Crippen molar-refractivity contribution in [2.24, 2.45) is 16.6 Å². The molecule has 0 bridgehead atoms. The van der Waals surface area contributed by atoms with Gasteiger partial charge in [-0.2, -0.15) is 10.5 Å². The summed E-state index contributed by atoms with van der Waals surface area (Å²) in [7, 11) is 0. The first kappa shape index (κ1) is 13.2. The molecule has 2 aliphatic heterocycles. The lowest BCUT2D eigenvalue weighted by Crippen LogP contribution is -2.89. The zero-order chi connectivity index (χ0) is 15.6. The molecule has 3 atom stereocenters. The molecule has 4 rings (SSSR count). The molecular formula is C15H12FN4O2+. The van der Waals surface area contributed by atoms with Crippen molar-refractivity contribution in [2.45, 2.75) is 11.8 Å². The van der Waals surface area contributed by atoms with Gasteiger partial charge in [-0.15, -0.1) is 0 Å². The number of halogens is 1. The second-order valence-corrected chi connectivity index (χ2v) is 5.68. The predicted octanol–water partition coefficient (Wildman–Crippen LogP) is -0.905. The minimum absolute atomic E-state index is 0.160. The number of nitrogens with zero attached hydrogens (tertiary/aromatic N) is 2. The Morgan fingerprint density at radius 2 is 1.82 bits per heavy atom. The predicted molar refractivity (Wildman–Crippen MR) is 70.0 cm³/mol. The van der Waals surface area contributed by atoms with E-state index >= 15 is 0 Å². The van der Waals surface area contributed by atoms with Gasteiger partial charge in [-0.25, -0.2) is 9.38 Å². The van der Waals surface area contributed by atoms with Gasteiger partial charge in [-0.05, 0) is 17.7 Å². The largest absolute Gasteiger partial charge is 0.343 e. The standard InChI is InChI=1S/C15H11FN4O2/c16-10-3-1-9(2-4-10)11-13(7-17)12(19)20-15(14(11,13)8-18)21-5-6-22-15/h1-4,11H,5-6H2,(H2,19,20)/p+1/t11-,13-,14-/m1/s1. The Kier molecular flexibility index (Phi) is 2.30. The maximum Gasteiger partial charge on any atom is 0.343 e. The van der Waals surface area contributed by atoms with Crippen LogP contribution in [0.4, 0.5) is 4.39 Å². The number of nitrogens with one attached hydrogen (secondary N) is 1. The highest BCUT2D eigenvalue weighted by Crippen LogP contribution is 2.78. The average Bonchev–Trinajstić information content (AvgIpc) is 2.77. The van der Waals surface area contributed by atoms with Gasteiger partial charge in [0.15, 0.2) is 10.8 Å². The third kappa shape index (κ3) is 1.11. The van der Waals surface area contributed by atoms with Gasteiger partial charge in [0.1, 0.15) is 5.82 Å².